The highest BCUT2D eigenvalue weighted by atomic mass is 16.5. The van der Waals surface area contributed by atoms with Crippen molar-refractivity contribution in [2.24, 2.45) is 0 Å². The summed E-state index contributed by atoms with van der Waals surface area (Å²) in [5, 5.41) is 9.63. The summed E-state index contributed by atoms with van der Waals surface area (Å²) in [6.45, 7) is 1.06. The predicted octanol–water partition coefficient (Wildman–Crippen LogP) is 6.41. The van der Waals surface area contributed by atoms with Gasteiger partial charge in [-0.3, -0.25) is 4.79 Å². The number of hydrogen-bond acceptors (Lipinski definition) is 4. The molecule has 0 saturated carbocycles. The van der Waals surface area contributed by atoms with Crippen molar-refractivity contribution >= 4 is 23.1 Å². The first kappa shape index (κ1) is 25.4. The topological polar surface area (TPSA) is 66.8 Å². The molecular weight excluding hydrogens is 474 g/mol. The van der Waals surface area contributed by atoms with Crippen LogP contribution in [0.15, 0.2) is 103 Å². The number of carboxylic acids is 1. The minimum absolute atomic E-state index is 0.151. The first-order valence-electron chi connectivity index (χ1n) is 13.0. The highest BCUT2D eigenvalue weighted by Crippen LogP contribution is 2.36. The number of carbonyl (C=O) groups excluding carboxylic acids is 1. The summed E-state index contributed by atoms with van der Waals surface area (Å²) in [6, 6.07) is 33.7. The van der Waals surface area contributed by atoms with Crippen LogP contribution in [0.1, 0.15) is 39.0 Å². The minimum Gasteiger partial charge on any atom is -0.479 e. The number of para-hydroxylation sites is 2. The standard InChI is InChI=1S/C33H31NO4/c35-31-22-27-12-4-6-14-29(27)34(30-15-7-5-13-28(30)31)20-8-11-24-16-18-25(19-17-24)21-32(33(36)37)38-23-26-9-2-1-3-10-26/h1-7,9-10,12-19,32H,8,11,20-23H2,(H,36,37). The van der Waals surface area contributed by atoms with Crippen molar-refractivity contribution in [1.82, 2.24) is 0 Å². The van der Waals surface area contributed by atoms with Crippen LogP contribution in [0.2, 0.25) is 0 Å². The summed E-state index contributed by atoms with van der Waals surface area (Å²) in [4.78, 5) is 26.9. The van der Waals surface area contributed by atoms with Crippen LogP contribution in [0.3, 0.4) is 0 Å². The van der Waals surface area contributed by atoms with Gasteiger partial charge in [0.05, 0.1) is 12.3 Å². The molecule has 0 amide bonds. The molecule has 0 fully saturated rings. The zero-order chi connectivity index (χ0) is 26.3. The highest BCUT2D eigenvalue weighted by molar-refractivity contribution is 6.05. The lowest BCUT2D eigenvalue weighted by molar-refractivity contribution is -0.151. The molecular formula is C33H31NO4. The van der Waals surface area contributed by atoms with Crippen molar-refractivity contribution in [1.29, 1.82) is 0 Å². The molecule has 192 valence electrons. The fourth-order valence-electron chi connectivity index (χ4n) is 4.99. The van der Waals surface area contributed by atoms with Gasteiger partial charge in [-0.05, 0) is 53.3 Å². The van der Waals surface area contributed by atoms with Crippen LogP contribution in [0, 0.1) is 0 Å². The maximum absolute atomic E-state index is 12.9. The van der Waals surface area contributed by atoms with Crippen LogP contribution in [0.5, 0.6) is 0 Å². The van der Waals surface area contributed by atoms with E-state index in [1.807, 2.05) is 84.9 Å². The van der Waals surface area contributed by atoms with E-state index in [2.05, 4.69) is 23.1 Å². The molecule has 4 aromatic rings. The van der Waals surface area contributed by atoms with Gasteiger partial charge in [-0.2, -0.15) is 0 Å². The third-order valence-electron chi connectivity index (χ3n) is 6.99. The van der Waals surface area contributed by atoms with Gasteiger partial charge in [-0.25, -0.2) is 4.79 Å². The van der Waals surface area contributed by atoms with Crippen molar-refractivity contribution in [3.63, 3.8) is 0 Å². The highest BCUT2D eigenvalue weighted by Gasteiger charge is 2.24. The zero-order valence-electron chi connectivity index (χ0n) is 21.3. The van der Waals surface area contributed by atoms with Crippen LogP contribution in [-0.4, -0.2) is 29.5 Å². The minimum atomic E-state index is -0.957. The van der Waals surface area contributed by atoms with Gasteiger partial charge in [0.25, 0.3) is 0 Å². The van der Waals surface area contributed by atoms with Gasteiger partial charge in [0.1, 0.15) is 0 Å². The second-order valence-electron chi connectivity index (χ2n) is 9.65. The van der Waals surface area contributed by atoms with E-state index in [1.54, 1.807) is 0 Å². The second kappa shape index (κ2) is 11.9. The third kappa shape index (κ3) is 6.01. The lowest BCUT2D eigenvalue weighted by Crippen LogP contribution is -2.26. The lowest BCUT2D eigenvalue weighted by Gasteiger charge is -2.26. The number of aryl methyl sites for hydroxylation is 1. The SMILES string of the molecule is O=C1Cc2ccccc2N(CCCc2ccc(CC(OCc3ccccc3)C(=O)O)cc2)c2ccccc21. The van der Waals surface area contributed by atoms with Gasteiger partial charge in [0.2, 0.25) is 0 Å². The molecule has 4 aromatic carbocycles. The normalized spacial score (nSPS) is 13.4. The quantitative estimate of drug-likeness (QED) is 0.270. The van der Waals surface area contributed by atoms with Crippen molar-refractivity contribution in [3.05, 3.63) is 131 Å². The molecule has 0 aromatic heterocycles. The Bertz CT molecular complexity index is 1400. The van der Waals surface area contributed by atoms with E-state index in [4.69, 9.17) is 4.74 Å². The van der Waals surface area contributed by atoms with Gasteiger partial charge >= 0.3 is 5.97 Å². The van der Waals surface area contributed by atoms with Crippen molar-refractivity contribution in [2.75, 3.05) is 11.4 Å². The molecule has 0 spiro atoms. The number of ketones is 1. The van der Waals surface area contributed by atoms with Gasteiger partial charge < -0.3 is 14.7 Å². The molecule has 5 nitrogen and oxygen atoms in total. The molecule has 1 heterocycles. The third-order valence-corrected chi connectivity index (χ3v) is 6.99. The van der Waals surface area contributed by atoms with Gasteiger partial charge in [0, 0.05) is 30.6 Å². The van der Waals surface area contributed by atoms with E-state index in [1.165, 1.54) is 5.56 Å². The van der Waals surface area contributed by atoms with E-state index in [-0.39, 0.29) is 12.4 Å². The average Bonchev–Trinajstić information content (AvgIpc) is 3.06. The largest absolute Gasteiger partial charge is 0.479 e. The van der Waals surface area contributed by atoms with Gasteiger partial charge in [-0.15, -0.1) is 0 Å². The van der Waals surface area contributed by atoms with E-state index in [9.17, 15) is 14.7 Å². The van der Waals surface area contributed by atoms with Crippen LogP contribution >= 0.6 is 0 Å². The molecule has 1 unspecified atom stereocenters. The first-order chi connectivity index (χ1) is 18.6. The number of ether oxygens (including phenoxy) is 1. The number of benzene rings is 4. The van der Waals surface area contributed by atoms with Crippen LogP contribution in [-0.2, 0) is 35.4 Å². The maximum atomic E-state index is 12.9. The number of rotatable bonds is 10. The summed E-state index contributed by atoms with van der Waals surface area (Å²) in [5.41, 5.74) is 6.97. The molecule has 1 atom stereocenters. The van der Waals surface area contributed by atoms with Gasteiger partial charge in [-0.1, -0.05) is 84.9 Å². The molecule has 1 aliphatic rings. The van der Waals surface area contributed by atoms with E-state index in [0.29, 0.717) is 12.8 Å². The number of nitrogens with zero attached hydrogens (tertiary/aromatic N) is 1. The fourth-order valence-corrected chi connectivity index (χ4v) is 4.99. The van der Waals surface area contributed by atoms with Crippen LogP contribution in [0.25, 0.3) is 0 Å². The number of carboxylic acid groups (broad SMARTS) is 1. The first-order valence-corrected chi connectivity index (χ1v) is 13.0. The molecule has 5 heteroatoms. The molecule has 0 saturated heterocycles. The molecule has 38 heavy (non-hydrogen) atoms. The number of anilines is 2. The van der Waals surface area contributed by atoms with Gasteiger partial charge in [0.15, 0.2) is 11.9 Å². The smallest absolute Gasteiger partial charge is 0.333 e. The molecule has 1 aliphatic heterocycles. The Kier molecular flexibility index (Phi) is 7.95. The Hall–Kier alpha value is -4.22. The monoisotopic (exact) mass is 505 g/mol. The zero-order valence-corrected chi connectivity index (χ0v) is 21.3. The Morgan fingerprint density at radius 3 is 2.21 bits per heavy atom. The maximum Gasteiger partial charge on any atom is 0.333 e. The Balaban J connectivity index is 1.21. The summed E-state index contributed by atoms with van der Waals surface area (Å²) in [6.07, 6.45) is 1.62. The summed E-state index contributed by atoms with van der Waals surface area (Å²) in [7, 11) is 0. The Morgan fingerprint density at radius 2 is 1.45 bits per heavy atom. The van der Waals surface area contributed by atoms with Crippen LogP contribution < -0.4 is 4.90 Å². The van der Waals surface area contributed by atoms with E-state index < -0.39 is 12.1 Å². The summed E-state index contributed by atoms with van der Waals surface area (Å²) in [5.74, 6) is -0.806. The molecule has 0 aliphatic carbocycles. The van der Waals surface area contributed by atoms with E-state index >= 15 is 0 Å². The van der Waals surface area contributed by atoms with Crippen molar-refractivity contribution < 1.29 is 19.4 Å². The Labute approximate surface area is 223 Å². The van der Waals surface area contributed by atoms with Crippen LogP contribution in [0.4, 0.5) is 11.4 Å². The number of aliphatic carboxylic acids is 1. The number of fused-ring (bicyclic) bond motifs is 2. The molecule has 0 radical (unpaired) electrons. The lowest BCUT2D eigenvalue weighted by atomic mass is 10.0. The molecule has 0 bridgehead atoms. The number of carbonyl (C=O) groups is 2. The molecule has 5 rings (SSSR count). The number of Topliss-reactive ketones (excluding diaryl/α,β-unsaturated/α-hetero) is 1. The molecule has 1 N–H and O–H groups in total. The van der Waals surface area contributed by atoms with Crippen molar-refractivity contribution in [2.45, 2.75) is 38.4 Å². The predicted molar refractivity (Wildman–Crippen MR) is 149 cm³/mol. The average molecular weight is 506 g/mol. The second-order valence-corrected chi connectivity index (χ2v) is 9.65. The summed E-state index contributed by atoms with van der Waals surface area (Å²) < 4.78 is 5.70. The number of hydrogen-bond donors (Lipinski definition) is 1. The van der Waals surface area contributed by atoms with E-state index in [0.717, 1.165) is 53.0 Å². The van der Waals surface area contributed by atoms with Crippen molar-refractivity contribution in [3.8, 4) is 0 Å². The summed E-state index contributed by atoms with van der Waals surface area (Å²) >= 11 is 0. The Morgan fingerprint density at radius 1 is 0.789 bits per heavy atom. The fraction of sp³-hybridized carbons (Fsp3) is 0.212.